The highest BCUT2D eigenvalue weighted by Gasteiger charge is 2.27. The molecule has 2 amide bonds. The summed E-state index contributed by atoms with van der Waals surface area (Å²) in [5.41, 5.74) is 7.61. The number of aromatic nitrogens is 3. The summed E-state index contributed by atoms with van der Waals surface area (Å²) in [7, 11) is 0. The van der Waals surface area contributed by atoms with E-state index in [9.17, 15) is 4.79 Å². The lowest BCUT2D eigenvalue weighted by molar-refractivity contribution is 0.206. The van der Waals surface area contributed by atoms with Crippen LogP contribution in [0.2, 0.25) is 5.02 Å². The van der Waals surface area contributed by atoms with Gasteiger partial charge in [0.1, 0.15) is 0 Å². The standard InChI is InChI=1S/C28H26ClN5O/c1-3-19-15-21(10-11-24(19)29)31-28(35)34-14-12-25-23(17-34)26(22-9-5-4-7-18(22)2)33-27(32-25)20-8-6-13-30-16-20/h4-11,13,15-16H,3,12,14,17H2,1-2H3,(H,31,35). The van der Waals surface area contributed by atoms with Crippen molar-refractivity contribution in [3.8, 4) is 22.6 Å². The highest BCUT2D eigenvalue weighted by Crippen LogP contribution is 2.32. The van der Waals surface area contributed by atoms with E-state index >= 15 is 0 Å². The molecule has 0 saturated carbocycles. The molecule has 35 heavy (non-hydrogen) atoms. The number of amides is 2. The van der Waals surface area contributed by atoms with Gasteiger partial charge in [-0.05, 0) is 54.8 Å². The van der Waals surface area contributed by atoms with Crippen molar-refractivity contribution >= 4 is 23.3 Å². The van der Waals surface area contributed by atoms with Gasteiger partial charge in [0, 0.05) is 52.8 Å². The summed E-state index contributed by atoms with van der Waals surface area (Å²) in [4.78, 5) is 29.1. The molecule has 3 heterocycles. The Kier molecular flexibility index (Phi) is 6.47. The molecule has 176 valence electrons. The monoisotopic (exact) mass is 483 g/mol. The summed E-state index contributed by atoms with van der Waals surface area (Å²) < 4.78 is 0. The number of halogens is 1. The maximum Gasteiger partial charge on any atom is 0.322 e. The minimum absolute atomic E-state index is 0.146. The Bertz CT molecular complexity index is 1390. The van der Waals surface area contributed by atoms with Crippen molar-refractivity contribution in [1.82, 2.24) is 19.9 Å². The van der Waals surface area contributed by atoms with Crippen LogP contribution in [-0.2, 0) is 19.4 Å². The molecule has 0 bridgehead atoms. The van der Waals surface area contributed by atoms with Crippen molar-refractivity contribution < 1.29 is 4.79 Å². The summed E-state index contributed by atoms with van der Waals surface area (Å²) in [6, 6.07) is 17.5. The third-order valence-corrected chi connectivity index (χ3v) is 6.71. The SMILES string of the molecule is CCc1cc(NC(=O)N2CCc3nc(-c4cccnc4)nc(-c4ccccc4C)c3C2)ccc1Cl. The Morgan fingerprint density at radius 1 is 1.11 bits per heavy atom. The van der Waals surface area contributed by atoms with Gasteiger partial charge in [0.05, 0.1) is 17.9 Å². The lowest BCUT2D eigenvalue weighted by Crippen LogP contribution is -2.39. The van der Waals surface area contributed by atoms with Crippen molar-refractivity contribution in [2.75, 3.05) is 11.9 Å². The molecule has 6 nitrogen and oxygen atoms in total. The summed E-state index contributed by atoms with van der Waals surface area (Å²) >= 11 is 6.24. The number of aryl methyl sites for hydroxylation is 2. The average molecular weight is 484 g/mol. The molecule has 1 aliphatic heterocycles. The lowest BCUT2D eigenvalue weighted by Gasteiger charge is -2.30. The third-order valence-electron chi connectivity index (χ3n) is 6.35. The Morgan fingerprint density at radius 3 is 2.74 bits per heavy atom. The van der Waals surface area contributed by atoms with Crippen LogP contribution in [0.4, 0.5) is 10.5 Å². The topological polar surface area (TPSA) is 71.0 Å². The molecule has 0 spiro atoms. The minimum Gasteiger partial charge on any atom is -0.320 e. The Hall–Kier alpha value is -3.77. The van der Waals surface area contributed by atoms with E-state index in [1.165, 1.54) is 0 Å². The van der Waals surface area contributed by atoms with Gasteiger partial charge in [-0.15, -0.1) is 0 Å². The van der Waals surface area contributed by atoms with Gasteiger partial charge in [-0.3, -0.25) is 4.98 Å². The van der Waals surface area contributed by atoms with Crippen LogP contribution in [-0.4, -0.2) is 32.4 Å². The van der Waals surface area contributed by atoms with E-state index in [2.05, 4.69) is 29.4 Å². The second-order valence-electron chi connectivity index (χ2n) is 8.64. The fourth-order valence-electron chi connectivity index (χ4n) is 4.40. The van der Waals surface area contributed by atoms with Gasteiger partial charge in [-0.2, -0.15) is 0 Å². The van der Waals surface area contributed by atoms with Gasteiger partial charge in [-0.25, -0.2) is 14.8 Å². The molecule has 1 N–H and O–H groups in total. The van der Waals surface area contributed by atoms with Crippen LogP contribution < -0.4 is 5.32 Å². The Balaban J connectivity index is 1.50. The van der Waals surface area contributed by atoms with Crippen LogP contribution in [0.1, 0.15) is 29.3 Å². The Labute approximate surface area is 210 Å². The third kappa shape index (κ3) is 4.75. The van der Waals surface area contributed by atoms with E-state index in [1.54, 1.807) is 12.4 Å². The normalized spacial score (nSPS) is 12.8. The molecule has 0 saturated heterocycles. The second kappa shape index (κ2) is 9.84. The van der Waals surface area contributed by atoms with Gasteiger partial charge < -0.3 is 10.2 Å². The van der Waals surface area contributed by atoms with Crippen molar-refractivity contribution in [1.29, 1.82) is 0 Å². The summed E-state index contributed by atoms with van der Waals surface area (Å²) in [6.07, 6.45) is 4.97. The first-order valence-electron chi connectivity index (χ1n) is 11.7. The maximum atomic E-state index is 13.2. The molecule has 2 aromatic heterocycles. The molecule has 2 aromatic carbocycles. The lowest BCUT2D eigenvalue weighted by atomic mass is 9.96. The quantitative estimate of drug-likeness (QED) is 0.368. The molecule has 0 fully saturated rings. The number of carbonyl (C=O) groups is 1. The zero-order valence-electron chi connectivity index (χ0n) is 19.8. The molecular formula is C28H26ClN5O. The fourth-order valence-corrected chi connectivity index (χ4v) is 4.65. The number of nitrogens with zero attached hydrogens (tertiary/aromatic N) is 4. The zero-order chi connectivity index (χ0) is 24.4. The largest absolute Gasteiger partial charge is 0.322 e. The van der Waals surface area contributed by atoms with Gasteiger partial charge in [0.2, 0.25) is 0 Å². The number of carbonyl (C=O) groups excluding carboxylic acids is 1. The second-order valence-corrected chi connectivity index (χ2v) is 9.05. The predicted octanol–water partition coefficient (Wildman–Crippen LogP) is 6.32. The average Bonchev–Trinajstić information content (AvgIpc) is 2.89. The van der Waals surface area contributed by atoms with Crippen LogP contribution >= 0.6 is 11.6 Å². The van der Waals surface area contributed by atoms with E-state index in [-0.39, 0.29) is 6.03 Å². The molecular weight excluding hydrogens is 458 g/mol. The zero-order valence-corrected chi connectivity index (χ0v) is 20.5. The number of pyridine rings is 1. The van der Waals surface area contributed by atoms with Crippen LogP contribution in [0.5, 0.6) is 0 Å². The van der Waals surface area contributed by atoms with E-state index < -0.39 is 0 Å². The van der Waals surface area contributed by atoms with Crippen molar-refractivity contribution in [3.63, 3.8) is 0 Å². The number of nitrogens with one attached hydrogen (secondary N) is 1. The molecule has 0 aliphatic carbocycles. The van der Waals surface area contributed by atoms with Crippen molar-refractivity contribution in [2.45, 2.75) is 33.2 Å². The predicted molar refractivity (Wildman–Crippen MR) is 139 cm³/mol. The summed E-state index contributed by atoms with van der Waals surface area (Å²) in [6.45, 7) is 5.13. The number of anilines is 1. The summed E-state index contributed by atoms with van der Waals surface area (Å²) in [5, 5.41) is 3.74. The molecule has 1 aliphatic rings. The molecule has 0 unspecified atom stereocenters. The molecule has 4 aromatic rings. The van der Waals surface area contributed by atoms with Crippen LogP contribution in [0, 0.1) is 6.92 Å². The number of benzene rings is 2. The first-order valence-corrected chi connectivity index (χ1v) is 12.1. The van der Waals surface area contributed by atoms with E-state index in [0.29, 0.717) is 30.4 Å². The van der Waals surface area contributed by atoms with Crippen LogP contribution in [0.15, 0.2) is 67.0 Å². The van der Waals surface area contributed by atoms with Gasteiger partial charge in [-0.1, -0.05) is 42.8 Å². The number of rotatable bonds is 4. The number of hydrogen-bond donors (Lipinski definition) is 1. The first-order chi connectivity index (χ1) is 17.0. The van der Waals surface area contributed by atoms with E-state index in [0.717, 1.165) is 51.3 Å². The maximum absolute atomic E-state index is 13.2. The van der Waals surface area contributed by atoms with E-state index in [4.69, 9.17) is 21.6 Å². The molecule has 0 atom stereocenters. The number of urea groups is 1. The van der Waals surface area contributed by atoms with Gasteiger partial charge in [0.15, 0.2) is 5.82 Å². The molecule has 7 heteroatoms. The minimum atomic E-state index is -0.146. The Morgan fingerprint density at radius 2 is 1.97 bits per heavy atom. The van der Waals surface area contributed by atoms with Gasteiger partial charge in [0.25, 0.3) is 0 Å². The van der Waals surface area contributed by atoms with Crippen molar-refractivity contribution in [3.05, 3.63) is 94.4 Å². The molecule has 0 radical (unpaired) electrons. The van der Waals surface area contributed by atoms with Crippen LogP contribution in [0.25, 0.3) is 22.6 Å². The molecule has 5 rings (SSSR count). The van der Waals surface area contributed by atoms with Crippen molar-refractivity contribution in [2.24, 2.45) is 0 Å². The smallest absolute Gasteiger partial charge is 0.320 e. The fraction of sp³-hybridized carbons (Fsp3) is 0.214. The highest BCUT2D eigenvalue weighted by atomic mass is 35.5. The summed E-state index contributed by atoms with van der Waals surface area (Å²) in [5.74, 6) is 0.654. The first kappa shape index (κ1) is 23.0. The van der Waals surface area contributed by atoms with Gasteiger partial charge >= 0.3 is 6.03 Å². The highest BCUT2D eigenvalue weighted by molar-refractivity contribution is 6.31. The van der Waals surface area contributed by atoms with E-state index in [1.807, 2.05) is 54.3 Å². The number of hydrogen-bond acceptors (Lipinski definition) is 4. The number of fused-ring (bicyclic) bond motifs is 1. The van der Waals surface area contributed by atoms with Crippen LogP contribution in [0.3, 0.4) is 0 Å².